The van der Waals surface area contributed by atoms with Gasteiger partial charge in [0.05, 0.1) is 13.2 Å². The predicted molar refractivity (Wildman–Crippen MR) is 201 cm³/mol. The molecule has 6 N–H and O–H groups in total. The van der Waals surface area contributed by atoms with Gasteiger partial charge in [-0.15, -0.1) is 0 Å². The number of Topliss-reactive ketones (excluding diaryl/α,β-unsaturated/α-hetero) is 2. The third-order valence-corrected chi connectivity index (χ3v) is 10.6. The summed E-state index contributed by atoms with van der Waals surface area (Å²) in [5.74, 6) is -1.44. The minimum Gasteiger partial charge on any atom is -0.394 e. The van der Waals surface area contributed by atoms with Crippen LogP contribution in [0.15, 0.2) is 0 Å². The molecule has 10 nitrogen and oxygen atoms in total. The summed E-state index contributed by atoms with van der Waals surface area (Å²) in [6, 6.07) is 0. The van der Waals surface area contributed by atoms with E-state index in [1.807, 2.05) is 0 Å². The highest BCUT2D eigenvalue weighted by Crippen LogP contribution is 2.32. The summed E-state index contributed by atoms with van der Waals surface area (Å²) in [5, 5.41) is 62.1. The van der Waals surface area contributed by atoms with E-state index < -0.39 is 67.2 Å². The molecule has 1 aliphatic heterocycles. The molecule has 51 heavy (non-hydrogen) atoms. The van der Waals surface area contributed by atoms with Crippen molar-refractivity contribution in [3.05, 3.63) is 0 Å². The fourth-order valence-corrected chi connectivity index (χ4v) is 7.19. The molecule has 2 unspecified atom stereocenters. The molecular formula is C41H78O10. The maximum absolute atomic E-state index is 13.9. The van der Waals surface area contributed by atoms with Gasteiger partial charge in [0.1, 0.15) is 30.5 Å². The van der Waals surface area contributed by atoms with E-state index in [0.29, 0.717) is 12.8 Å². The average molecular weight is 731 g/mol. The van der Waals surface area contributed by atoms with E-state index in [2.05, 4.69) is 13.8 Å². The van der Waals surface area contributed by atoms with Crippen molar-refractivity contribution in [3.8, 4) is 0 Å². The first-order chi connectivity index (χ1) is 24.7. The molecular weight excluding hydrogens is 652 g/mol. The largest absolute Gasteiger partial charge is 0.394 e. The number of aliphatic hydroxyl groups excluding tert-OH is 6. The van der Waals surface area contributed by atoms with Crippen LogP contribution in [0.5, 0.6) is 0 Å². The number of hydrogen-bond acceptors (Lipinski definition) is 10. The zero-order valence-electron chi connectivity index (χ0n) is 32.5. The summed E-state index contributed by atoms with van der Waals surface area (Å²) in [5.41, 5.74) is -2.53. The van der Waals surface area contributed by atoms with Gasteiger partial charge in [0.15, 0.2) is 17.9 Å². The molecule has 0 radical (unpaired) electrons. The topological polar surface area (TPSA) is 174 Å². The number of carbonyl (C=O) groups excluding carboxylic acids is 2. The van der Waals surface area contributed by atoms with Crippen molar-refractivity contribution >= 4 is 11.6 Å². The lowest BCUT2D eigenvalue weighted by Gasteiger charge is -2.44. The van der Waals surface area contributed by atoms with Crippen LogP contribution >= 0.6 is 0 Å². The first-order valence-electron chi connectivity index (χ1n) is 21.0. The van der Waals surface area contributed by atoms with Crippen LogP contribution in [-0.4, -0.2) is 97.8 Å². The Labute approximate surface area is 310 Å². The Morgan fingerprint density at radius 3 is 1.20 bits per heavy atom. The lowest BCUT2D eigenvalue weighted by atomic mass is 9.82. The third-order valence-electron chi connectivity index (χ3n) is 10.6. The highest BCUT2D eigenvalue weighted by molar-refractivity contribution is 6.11. The molecule has 1 fully saturated rings. The van der Waals surface area contributed by atoms with Crippen molar-refractivity contribution in [2.45, 2.75) is 236 Å². The predicted octanol–water partition coefficient (Wildman–Crippen LogP) is 7.00. The zero-order chi connectivity index (χ0) is 37.7. The van der Waals surface area contributed by atoms with Gasteiger partial charge in [-0.3, -0.25) is 9.59 Å². The molecule has 1 rings (SSSR count). The summed E-state index contributed by atoms with van der Waals surface area (Å²) >= 11 is 0. The Morgan fingerprint density at radius 1 is 0.549 bits per heavy atom. The highest BCUT2D eigenvalue weighted by atomic mass is 16.7. The number of rotatable bonds is 35. The maximum Gasteiger partial charge on any atom is 0.215 e. The van der Waals surface area contributed by atoms with E-state index in [0.717, 1.165) is 51.4 Å². The third kappa shape index (κ3) is 18.8. The van der Waals surface area contributed by atoms with Crippen molar-refractivity contribution in [2.24, 2.45) is 0 Å². The Morgan fingerprint density at radius 2 is 0.882 bits per heavy atom. The average Bonchev–Trinajstić information content (AvgIpc) is 3.13. The molecule has 0 aromatic carbocycles. The van der Waals surface area contributed by atoms with Crippen LogP contribution in [0, 0.1) is 0 Å². The van der Waals surface area contributed by atoms with Crippen LogP contribution in [0.1, 0.15) is 194 Å². The van der Waals surface area contributed by atoms with Crippen molar-refractivity contribution in [1.29, 1.82) is 0 Å². The van der Waals surface area contributed by atoms with Gasteiger partial charge in [-0.25, -0.2) is 0 Å². The molecule has 0 aromatic heterocycles. The summed E-state index contributed by atoms with van der Waals surface area (Å²) < 4.78 is 11.4. The summed E-state index contributed by atoms with van der Waals surface area (Å²) in [7, 11) is 0. The second-order valence-electron chi connectivity index (χ2n) is 15.1. The summed E-state index contributed by atoms with van der Waals surface area (Å²) in [4.78, 5) is 27.8. The first kappa shape index (κ1) is 48.0. The van der Waals surface area contributed by atoms with Crippen molar-refractivity contribution in [1.82, 2.24) is 0 Å². The molecule has 1 aliphatic rings. The number of aliphatic hydroxyl groups is 6. The number of unbranched alkanes of at least 4 members (excludes halogenated alkanes) is 24. The minimum absolute atomic E-state index is 0.0867. The second kappa shape index (κ2) is 30.4. The fraction of sp³-hybridized carbons (Fsp3) is 0.951. The molecule has 0 bridgehead atoms. The van der Waals surface area contributed by atoms with Gasteiger partial charge >= 0.3 is 0 Å². The van der Waals surface area contributed by atoms with Crippen LogP contribution in [-0.2, 0) is 19.1 Å². The smallest absolute Gasteiger partial charge is 0.215 e. The molecule has 0 saturated carbocycles. The van der Waals surface area contributed by atoms with E-state index in [4.69, 9.17) is 9.47 Å². The molecule has 1 heterocycles. The van der Waals surface area contributed by atoms with Crippen LogP contribution in [0.25, 0.3) is 0 Å². The van der Waals surface area contributed by atoms with Gasteiger partial charge in [0.2, 0.25) is 5.60 Å². The maximum atomic E-state index is 13.9. The Hall–Kier alpha value is -0.980. The molecule has 1 saturated heterocycles. The van der Waals surface area contributed by atoms with Crippen LogP contribution in [0.2, 0.25) is 0 Å². The SMILES string of the molecule is CCCCCCCCCCCCCCCC(=O)C(OC1O[C@H](CO)[C@@H](O)[C@H](O)[C@H]1O)(C(=O)CCCCCCCCCCCCCCC)C(O)CO. The van der Waals surface area contributed by atoms with Crippen LogP contribution in [0.3, 0.4) is 0 Å². The number of ketones is 2. The summed E-state index contributed by atoms with van der Waals surface area (Å²) in [6.07, 6.45) is 18.5. The Bertz CT molecular complexity index is 810. The molecule has 0 aromatic rings. The molecule has 0 spiro atoms. The Balaban J connectivity index is 2.73. The van der Waals surface area contributed by atoms with E-state index >= 15 is 0 Å². The second-order valence-corrected chi connectivity index (χ2v) is 15.1. The van der Waals surface area contributed by atoms with Crippen LogP contribution < -0.4 is 0 Å². The molecule has 302 valence electrons. The van der Waals surface area contributed by atoms with Crippen molar-refractivity contribution in [2.75, 3.05) is 13.2 Å². The normalized spacial score (nSPS) is 21.6. The van der Waals surface area contributed by atoms with Gasteiger partial charge in [-0.05, 0) is 12.8 Å². The van der Waals surface area contributed by atoms with E-state index in [1.54, 1.807) is 0 Å². The monoisotopic (exact) mass is 731 g/mol. The molecule has 6 atom stereocenters. The molecule has 0 aliphatic carbocycles. The lowest BCUT2D eigenvalue weighted by Crippen LogP contribution is -2.66. The van der Waals surface area contributed by atoms with Crippen LogP contribution in [0.4, 0.5) is 0 Å². The van der Waals surface area contributed by atoms with E-state index in [-0.39, 0.29) is 12.8 Å². The zero-order valence-corrected chi connectivity index (χ0v) is 32.5. The van der Waals surface area contributed by atoms with Gasteiger partial charge in [-0.2, -0.15) is 0 Å². The molecule has 0 amide bonds. The lowest BCUT2D eigenvalue weighted by molar-refractivity contribution is -0.326. The van der Waals surface area contributed by atoms with E-state index in [1.165, 1.54) is 103 Å². The van der Waals surface area contributed by atoms with E-state index in [9.17, 15) is 40.2 Å². The fourth-order valence-electron chi connectivity index (χ4n) is 7.19. The highest BCUT2D eigenvalue weighted by Gasteiger charge is 2.56. The molecule has 10 heteroatoms. The van der Waals surface area contributed by atoms with Gasteiger partial charge < -0.3 is 40.1 Å². The number of carbonyl (C=O) groups is 2. The minimum atomic E-state index is -2.53. The van der Waals surface area contributed by atoms with Gasteiger partial charge in [-0.1, -0.05) is 168 Å². The van der Waals surface area contributed by atoms with Crippen molar-refractivity contribution < 1.29 is 49.7 Å². The van der Waals surface area contributed by atoms with Crippen molar-refractivity contribution in [3.63, 3.8) is 0 Å². The number of ether oxygens (including phenoxy) is 2. The Kier molecular flexibility index (Phi) is 28.6. The standard InChI is InChI=1S/C41H78O10/c1-3-5-7-9-11-13-15-17-19-21-23-25-27-29-34(44)41(36(46)32-43,51-40-39(49)38(48)37(47)33(31-42)50-40)35(45)30-28-26-24-22-20-18-16-14-12-10-8-6-4-2/h33,36-40,42-43,46-49H,3-32H2,1-2H3/t33-,36?,37-,38+,39-,40?/m1/s1. The van der Waals surface area contributed by atoms with Gasteiger partial charge in [0.25, 0.3) is 0 Å². The quantitative estimate of drug-likeness (QED) is 0.0295. The first-order valence-corrected chi connectivity index (χ1v) is 21.0. The number of hydrogen-bond donors (Lipinski definition) is 6. The summed E-state index contributed by atoms with van der Waals surface area (Å²) in [6.45, 7) is 2.78. The van der Waals surface area contributed by atoms with Gasteiger partial charge in [0, 0.05) is 12.8 Å².